The molecule has 0 radical (unpaired) electrons. The number of anilines is 2. The number of hydrogen-bond donors (Lipinski definition) is 3. The van der Waals surface area contributed by atoms with Crippen molar-refractivity contribution in [1.82, 2.24) is 9.62 Å². The predicted octanol–water partition coefficient (Wildman–Crippen LogP) is 5.57. The number of aryl methyl sites for hydroxylation is 1. The number of piperidine rings is 1. The molecule has 5 nitrogen and oxygen atoms in total. The van der Waals surface area contributed by atoms with Crippen LogP contribution < -0.4 is 16.4 Å². The standard InChI is InChI=1S/C30H36N4OS/c31-27-8-4-5-9-28(27)33-30(35)25-12-10-22(11-13-25)16-19-36-34-17-14-23(15-18-34)21-32-29-20-26(29)24-6-2-1-3-7-24/h1-13,23,26,29,32H,14-21,31H2,(H,33,35). The third kappa shape index (κ3) is 6.69. The Morgan fingerprint density at radius 3 is 2.42 bits per heavy atom. The molecule has 1 amide bonds. The number of benzene rings is 3. The van der Waals surface area contributed by atoms with Gasteiger partial charge in [0.15, 0.2) is 0 Å². The lowest BCUT2D eigenvalue weighted by Crippen LogP contribution is -2.35. The summed E-state index contributed by atoms with van der Waals surface area (Å²) in [6.07, 6.45) is 4.84. The van der Waals surface area contributed by atoms with Crippen LogP contribution in [0.3, 0.4) is 0 Å². The van der Waals surface area contributed by atoms with Crippen molar-refractivity contribution in [3.05, 3.63) is 95.6 Å². The molecule has 36 heavy (non-hydrogen) atoms. The first-order chi connectivity index (χ1) is 17.7. The van der Waals surface area contributed by atoms with E-state index in [1.54, 1.807) is 6.07 Å². The van der Waals surface area contributed by atoms with E-state index in [1.807, 2.05) is 42.3 Å². The van der Waals surface area contributed by atoms with Gasteiger partial charge in [0.05, 0.1) is 11.4 Å². The summed E-state index contributed by atoms with van der Waals surface area (Å²) < 4.78 is 2.53. The highest BCUT2D eigenvalue weighted by molar-refractivity contribution is 7.97. The van der Waals surface area contributed by atoms with Gasteiger partial charge in [-0.2, -0.15) is 0 Å². The lowest BCUT2D eigenvalue weighted by Gasteiger charge is -2.31. The number of carbonyl (C=O) groups is 1. The van der Waals surface area contributed by atoms with Crippen molar-refractivity contribution < 1.29 is 4.79 Å². The van der Waals surface area contributed by atoms with Crippen LogP contribution in [0, 0.1) is 5.92 Å². The van der Waals surface area contributed by atoms with Crippen molar-refractivity contribution in [2.24, 2.45) is 5.92 Å². The fourth-order valence-corrected chi connectivity index (χ4v) is 6.02. The van der Waals surface area contributed by atoms with Crippen LogP contribution in [0.25, 0.3) is 0 Å². The Morgan fingerprint density at radius 2 is 1.67 bits per heavy atom. The number of nitrogens with two attached hydrogens (primary N) is 1. The minimum atomic E-state index is -0.136. The molecule has 1 aliphatic carbocycles. The molecule has 188 valence electrons. The summed E-state index contributed by atoms with van der Waals surface area (Å²) in [7, 11) is 0. The van der Waals surface area contributed by atoms with E-state index >= 15 is 0 Å². The lowest BCUT2D eigenvalue weighted by molar-refractivity contribution is 0.102. The zero-order valence-electron chi connectivity index (χ0n) is 20.7. The highest BCUT2D eigenvalue weighted by atomic mass is 32.2. The summed E-state index contributed by atoms with van der Waals surface area (Å²) in [4.78, 5) is 12.5. The van der Waals surface area contributed by atoms with Gasteiger partial charge in [-0.15, -0.1) is 0 Å². The summed E-state index contributed by atoms with van der Waals surface area (Å²) >= 11 is 1.96. The third-order valence-corrected chi connectivity index (χ3v) is 8.47. The van der Waals surface area contributed by atoms with Crippen LogP contribution >= 0.6 is 11.9 Å². The molecule has 1 heterocycles. The van der Waals surface area contributed by atoms with Gasteiger partial charge in [-0.05, 0) is 73.5 Å². The minimum Gasteiger partial charge on any atom is -0.397 e. The van der Waals surface area contributed by atoms with Crippen LogP contribution in [0.1, 0.15) is 46.7 Å². The Kier molecular flexibility index (Phi) is 8.26. The van der Waals surface area contributed by atoms with Gasteiger partial charge in [0.1, 0.15) is 0 Å². The fraction of sp³-hybridized carbons (Fsp3) is 0.367. The molecule has 3 aromatic rings. The van der Waals surface area contributed by atoms with Gasteiger partial charge < -0.3 is 16.4 Å². The molecule has 6 heteroatoms. The van der Waals surface area contributed by atoms with Crippen LogP contribution in [0.2, 0.25) is 0 Å². The maximum Gasteiger partial charge on any atom is 0.255 e. The van der Waals surface area contributed by atoms with Crippen LogP contribution in [0.5, 0.6) is 0 Å². The van der Waals surface area contributed by atoms with Crippen molar-refractivity contribution in [2.45, 2.75) is 37.6 Å². The smallest absolute Gasteiger partial charge is 0.255 e. The third-order valence-electron chi connectivity index (χ3n) is 7.35. The largest absolute Gasteiger partial charge is 0.397 e. The van der Waals surface area contributed by atoms with Gasteiger partial charge in [0.2, 0.25) is 0 Å². The second-order valence-electron chi connectivity index (χ2n) is 9.96. The van der Waals surface area contributed by atoms with Gasteiger partial charge >= 0.3 is 0 Å². The highest BCUT2D eigenvalue weighted by Crippen LogP contribution is 2.40. The maximum atomic E-state index is 12.5. The summed E-state index contributed by atoms with van der Waals surface area (Å²) in [5.41, 5.74) is 10.5. The first-order valence-electron chi connectivity index (χ1n) is 13.1. The van der Waals surface area contributed by atoms with Crippen molar-refractivity contribution in [3.63, 3.8) is 0 Å². The van der Waals surface area contributed by atoms with Gasteiger partial charge in [0, 0.05) is 36.4 Å². The Balaban J connectivity index is 0.971. The number of carbonyl (C=O) groups excluding carboxylic acids is 1. The quantitative estimate of drug-likeness (QED) is 0.251. The molecule has 3 aromatic carbocycles. The van der Waals surface area contributed by atoms with Gasteiger partial charge in [-0.3, -0.25) is 9.10 Å². The Hall–Kier alpha value is -2.80. The molecule has 1 aliphatic heterocycles. The molecule has 2 atom stereocenters. The van der Waals surface area contributed by atoms with E-state index in [1.165, 1.54) is 43.5 Å². The number of para-hydroxylation sites is 2. The first kappa shape index (κ1) is 24.9. The molecule has 1 saturated heterocycles. The predicted molar refractivity (Wildman–Crippen MR) is 151 cm³/mol. The van der Waals surface area contributed by atoms with Crippen LogP contribution in [-0.4, -0.2) is 41.6 Å². The Morgan fingerprint density at radius 1 is 0.944 bits per heavy atom. The molecule has 0 aromatic heterocycles. The van der Waals surface area contributed by atoms with Crippen molar-refractivity contribution >= 4 is 29.2 Å². The zero-order chi connectivity index (χ0) is 24.7. The number of hydrogen-bond acceptors (Lipinski definition) is 5. The summed E-state index contributed by atoms with van der Waals surface area (Å²) in [6.45, 7) is 3.50. The van der Waals surface area contributed by atoms with Gasteiger partial charge in [-0.25, -0.2) is 0 Å². The number of nitrogens with zero attached hydrogens (tertiary/aromatic N) is 1. The van der Waals surface area contributed by atoms with E-state index in [9.17, 15) is 4.79 Å². The van der Waals surface area contributed by atoms with E-state index in [-0.39, 0.29) is 5.91 Å². The van der Waals surface area contributed by atoms with Gasteiger partial charge in [0.25, 0.3) is 5.91 Å². The summed E-state index contributed by atoms with van der Waals surface area (Å²) in [6, 6.07) is 26.8. The van der Waals surface area contributed by atoms with Crippen LogP contribution in [0.4, 0.5) is 11.4 Å². The molecule has 0 spiro atoms. The first-order valence-corrected chi connectivity index (χ1v) is 14.0. The second-order valence-corrected chi connectivity index (χ2v) is 11.1. The molecular weight excluding hydrogens is 464 g/mol. The fourth-order valence-electron chi connectivity index (χ4n) is 4.97. The van der Waals surface area contributed by atoms with Crippen molar-refractivity contribution in [2.75, 3.05) is 36.4 Å². The summed E-state index contributed by atoms with van der Waals surface area (Å²) in [5.74, 6) is 2.44. The van der Waals surface area contributed by atoms with E-state index < -0.39 is 0 Å². The number of rotatable bonds is 10. The van der Waals surface area contributed by atoms with Crippen molar-refractivity contribution in [3.8, 4) is 0 Å². The molecule has 1 saturated carbocycles. The Labute approximate surface area is 219 Å². The SMILES string of the molecule is Nc1ccccc1NC(=O)c1ccc(CCSN2CCC(CNC3CC3c3ccccc3)CC2)cc1. The summed E-state index contributed by atoms with van der Waals surface area (Å²) in [5, 5.41) is 6.71. The molecule has 2 fully saturated rings. The second kappa shape index (κ2) is 12.0. The average molecular weight is 501 g/mol. The van der Waals surface area contributed by atoms with Crippen LogP contribution in [-0.2, 0) is 6.42 Å². The van der Waals surface area contributed by atoms with Gasteiger partial charge in [-0.1, -0.05) is 66.5 Å². The Bertz CT molecular complexity index is 1130. The molecule has 5 rings (SSSR count). The molecule has 2 unspecified atom stereocenters. The van der Waals surface area contributed by atoms with E-state index in [0.717, 1.165) is 24.6 Å². The number of nitrogen functional groups attached to an aromatic ring is 1. The zero-order valence-corrected chi connectivity index (χ0v) is 21.6. The average Bonchev–Trinajstić information content (AvgIpc) is 3.70. The molecule has 4 N–H and O–H groups in total. The monoisotopic (exact) mass is 500 g/mol. The maximum absolute atomic E-state index is 12.5. The molecule has 0 bridgehead atoms. The van der Waals surface area contributed by atoms with E-state index in [0.29, 0.717) is 28.9 Å². The van der Waals surface area contributed by atoms with E-state index in [4.69, 9.17) is 5.73 Å². The topological polar surface area (TPSA) is 70.4 Å². The van der Waals surface area contributed by atoms with Crippen molar-refractivity contribution in [1.29, 1.82) is 0 Å². The molecular formula is C30H36N4OS. The minimum absolute atomic E-state index is 0.136. The van der Waals surface area contributed by atoms with Crippen LogP contribution in [0.15, 0.2) is 78.9 Å². The normalized spacial score (nSPS) is 20.2. The number of amides is 1. The highest BCUT2D eigenvalue weighted by Gasteiger charge is 2.38. The molecule has 2 aliphatic rings. The van der Waals surface area contributed by atoms with E-state index in [2.05, 4.69) is 57.4 Å². The number of nitrogens with one attached hydrogen (secondary N) is 2. The lowest BCUT2D eigenvalue weighted by atomic mass is 9.98.